The fourth-order valence-electron chi connectivity index (χ4n) is 2.21. The number of carbonyl (C=O) groups is 2. The summed E-state index contributed by atoms with van der Waals surface area (Å²) in [5.41, 5.74) is 0. The van der Waals surface area contributed by atoms with Crippen molar-refractivity contribution in [2.75, 3.05) is 20.1 Å². The maximum Gasteiger partial charge on any atom is 0.323 e. The zero-order valence-corrected chi connectivity index (χ0v) is 15.3. The van der Waals surface area contributed by atoms with Gasteiger partial charge >= 0.3 is 5.97 Å². The lowest BCUT2D eigenvalue weighted by atomic mass is 10.2. The fourth-order valence-corrected chi connectivity index (χ4v) is 3.42. The normalized spacial score (nSPS) is 11.8. The SMILES string of the molecule is CC(C)N(CC(=O)O)C(=O)CCCN(C)S(=O)(=O)c1ccc(F)cc1. The van der Waals surface area contributed by atoms with Gasteiger partial charge in [0.2, 0.25) is 15.9 Å². The fraction of sp³-hybridized carbons (Fsp3) is 0.500. The molecule has 9 heteroatoms. The van der Waals surface area contributed by atoms with Crippen LogP contribution in [0.4, 0.5) is 4.39 Å². The van der Waals surface area contributed by atoms with Crippen LogP contribution in [0, 0.1) is 5.82 Å². The standard InChI is InChI=1S/C16H23FN2O5S/c1-12(2)19(11-16(21)22)15(20)5-4-10-18(3)25(23,24)14-8-6-13(17)7-9-14/h6-9,12H,4-5,10-11H2,1-3H3,(H,21,22). The highest BCUT2D eigenvalue weighted by Crippen LogP contribution is 2.15. The Labute approximate surface area is 147 Å². The summed E-state index contributed by atoms with van der Waals surface area (Å²) in [5.74, 6) is -1.97. The van der Waals surface area contributed by atoms with Crippen LogP contribution < -0.4 is 0 Å². The second kappa shape index (κ2) is 8.91. The Morgan fingerprint density at radius 1 is 1.20 bits per heavy atom. The second-order valence-corrected chi connectivity index (χ2v) is 7.94. The highest BCUT2D eigenvalue weighted by molar-refractivity contribution is 7.89. The van der Waals surface area contributed by atoms with Crippen molar-refractivity contribution >= 4 is 21.9 Å². The van der Waals surface area contributed by atoms with Gasteiger partial charge in [-0.15, -0.1) is 0 Å². The molecule has 0 saturated carbocycles. The minimum absolute atomic E-state index is 0.0302. The van der Waals surface area contributed by atoms with Crippen LogP contribution in [0.15, 0.2) is 29.2 Å². The van der Waals surface area contributed by atoms with Crippen LogP contribution in [0.5, 0.6) is 0 Å². The first-order chi connectivity index (χ1) is 11.6. The molecule has 0 fully saturated rings. The summed E-state index contributed by atoms with van der Waals surface area (Å²) in [6.45, 7) is 3.13. The van der Waals surface area contributed by atoms with Gasteiger partial charge in [-0.1, -0.05) is 0 Å². The summed E-state index contributed by atoms with van der Waals surface area (Å²) in [6.07, 6.45) is 0.285. The topological polar surface area (TPSA) is 95.0 Å². The van der Waals surface area contributed by atoms with Gasteiger partial charge in [-0.25, -0.2) is 17.1 Å². The van der Waals surface area contributed by atoms with Crippen LogP contribution in [-0.2, 0) is 19.6 Å². The Morgan fingerprint density at radius 2 is 1.76 bits per heavy atom. The maximum absolute atomic E-state index is 12.9. The van der Waals surface area contributed by atoms with E-state index in [1.54, 1.807) is 13.8 Å². The van der Waals surface area contributed by atoms with Gasteiger partial charge in [-0.05, 0) is 44.5 Å². The molecule has 0 atom stereocenters. The average Bonchev–Trinajstić information content (AvgIpc) is 2.52. The van der Waals surface area contributed by atoms with Crippen molar-refractivity contribution in [3.63, 3.8) is 0 Å². The first-order valence-corrected chi connectivity index (χ1v) is 9.23. The molecule has 0 unspecified atom stereocenters. The summed E-state index contributed by atoms with van der Waals surface area (Å²) in [7, 11) is -2.39. The van der Waals surface area contributed by atoms with Crippen molar-refractivity contribution in [1.82, 2.24) is 9.21 Å². The molecule has 0 saturated heterocycles. The Morgan fingerprint density at radius 3 is 2.24 bits per heavy atom. The van der Waals surface area contributed by atoms with Crippen molar-refractivity contribution in [2.45, 2.75) is 37.6 Å². The molecular weight excluding hydrogens is 351 g/mol. The molecule has 0 bridgehead atoms. The summed E-state index contributed by atoms with van der Waals surface area (Å²) >= 11 is 0. The number of carboxylic acids is 1. The molecule has 0 aliphatic rings. The Bertz CT molecular complexity index is 704. The first kappa shape index (κ1) is 21.0. The van der Waals surface area contributed by atoms with Crippen molar-refractivity contribution < 1.29 is 27.5 Å². The lowest BCUT2D eigenvalue weighted by Gasteiger charge is -2.25. The van der Waals surface area contributed by atoms with Crippen LogP contribution in [0.25, 0.3) is 0 Å². The van der Waals surface area contributed by atoms with Crippen molar-refractivity contribution in [1.29, 1.82) is 0 Å². The smallest absolute Gasteiger partial charge is 0.323 e. The Kier molecular flexibility index (Phi) is 7.50. The molecule has 0 heterocycles. The minimum Gasteiger partial charge on any atom is -0.480 e. The van der Waals surface area contributed by atoms with Crippen LogP contribution in [-0.4, -0.2) is 60.8 Å². The van der Waals surface area contributed by atoms with Crippen LogP contribution in [0.2, 0.25) is 0 Å². The number of nitrogens with zero attached hydrogens (tertiary/aromatic N) is 2. The number of aliphatic carboxylic acids is 1. The van der Waals surface area contributed by atoms with E-state index in [0.717, 1.165) is 16.4 Å². The zero-order valence-electron chi connectivity index (χ0n) is 14.5. The molecular formula is C16H23FN2O5S. The largest absolute Gasteiger partial charge is 0.480 e. The predicted octanol–water partition coefficient (Wildman–Crippen LogP) is 1.55. The van der Waals surface area contributed by atoms with E-state index in [4.69, 9.17) is 5.11 Å². The van der Waals surface area contributed by atoms with Gasteiger partial charge in [0.05, 0.1) is 4.90 Å². The summed E-state index contributed by atoms with van der Waals surface area (Å²) in [6, 6.07) is 4.23. The van der Waals surface area contributed by atoms with Crippen LogP contribution >= 0.6 is 0 Å². The van der Waals surface area contributed by atoms with Gasteiger partial charge in [0.25, 0.3) is 0 Å². The monoisotopic (exact) mass is 374 g/mol. The number of hydrogen-bond acceptors (Lipinski definition) is 4. The molecule has 7 nitrogen and oxygen atoms in total. The van der Waals surface area contributed by atoms with E-state index < -0.39 is 21.8 Å². The summed E-state index contributed by atoms with van der Waals surface area (Å²) in [4.78, 5) is 24.1. The Hall–Kier alpha value is -2.00. The lowest BCUT2D eigenvalue weighted by molar-refractivity contribution is -0.145. The number of carboxylic acid groups (broad SMARTS) is 1. The average molecular weight is 374 g/mol. The molecule has 0 radical (unpaired) electrons. The molecule has 1 aromatic rings. The van der Waals surface area contributed by atoms with Gasteiger partial charge in [-0.3, -0.25) is 9.59 Å². The van der Waals surface area contributed by atoms with Gasteiger partial charge in [0.15, 0.2) is 0 Å². The van der Waals surface area contributed by atoms with E-state index >= 15 is 0 Å². The summed E-state index contributed by atoms with van der Waals surface area (Å²) in [5, 5.41) is 8.84. The van der Waals surface area contributed by atoms with E-state index in [0.29, 0.717) is 0 Å². The van der Waals surface area contributed by atoms with E-state index in [9.17, 15) is 22.4 Å². The van der Waals surface area contributed by atoms with E-state index in [2.05, 4.69) is 0 Å². The molecule has 0 aliphatic carbocycles. The van der Waals surface area contributed by atoms with Gasteiger partial charge in [0, 0.05) is 26.1 Å². The van der Waals surface area contributed by atoms with Crippen molar-refractivity contribution in [3.8, 4) is 0 Å². The first-order valence-electron chi connectivity index (χ1n) is 7.79. The number of sulfonamides is 1. The molecule has 1 rings (SSSR count). The number of benzene rings is 1. The third kappa shape index (κ3) is 6.09. The Balaban J connectivity index is 2.63. The number of hydrogen-bond donors (Lipinski definition) is 1. The number of halogens is 1. The third-order valence-corrected chi connectivity index (χ3v) is 5.51. The maximum atomic E-state index is 12.9. The lowest BCUT2D eigenvalue weighted by Crippen LogP contribution is -2.41. The number of carbonyl (C=O) groups excluding carboxylic acids is 1. The molecule has 0 aliphatic heterocycles. The van der Waals surface area contributed by atoms with E-state index in [1.165, 1.54) is 24.1 Å². The minimum atomic E-state index is -3.76. The highest BCUT2D eigenvalue weighted by atomic mass is 32.2. The highest BCUT2D eigenvalue weighted by Gasteiger charge is 2.22. The molecule has 0 spiro atoms. The van der Waals surface area contributed by atoms with Crippen molar-refractivity contribution in [3.05, 3.63) is 30.1 Å². The van der Waals surface area contributed by atoms with Crippen LogP contribution in [0.1, 0.15) is 26.7 Å². The van der Waals surface area contributed by atoms with Gasteiger partial charge in [0.1, 0.15) is 12.4 Å². The van der Waals surface area contributed by atoms with Crippen LogP contribution in [0.3, 0.4) is 0 Å². The van der Waals surface area contributed by atoms with Crippen molar-refractivity contribution in [2.24, 2.45) is 0 Å². The molecule has 0 aromatic heterocycles. The quantitative estimate of drug-likeness (QED) is 0.708. The van der Waals surface area contributed by atoms with Gasteiger partial charge in [-0.2, -0.15) is 0 Å². The number of rotatable bonds is 9. The van der Waals surface area contributed by atoms with E-state index in [1.807, 2.05) is 0 Å². The second-order valence-electron chi connectivity index (χ2n) is 5.89. The van der Waals surface area contributed by atoms with Gasteiger partial charge < -0.3 is 10.0 Å². The third-order valence-electron chi connectivity index (χ3n) is 3.63. The molecule has 1 N–H and O–H groups in total. The molecule has 1 amide bonds. The molecule has 1 aromatic carbocycles. The molecule has 140 valence electrons. The van der Waals surface area contributed by atoms with E-state index in [-0.39, 0.29) is 42.8 Å². The summed E-state index contributed by atoms with van der Waals surface area (Å²) < 4.78 is 38.7. The zero-order chi connectivity index (χ0) is 19.2. The number of amides is 1. The predicted molar refractivity (Wildman–Crippen MR) is 89.9 cm³/mol. The molecule has 25 heavy (non-hydrogen) atoms.